The van der Waals surface area contributed by atoms with Crippen LogP contribution in [0.4, 0.5) is 26.3 Å². The minimum atomic E-state index is -1.07. The molecule has 1 nitrogen and oxygen atoms in total. The molecule has 0 saturated heterocycles. The summed E-state index contributed by atoms with van der Waals surface area (Å²) < 4.78 is 92.9. The van der Waals surface area contributed by atoms with Crippen molar-refractivity contribution in [3.63, 3.8) is 0 Å². The van der Waals surface area contributed by atoms with Gasteiger partial charge in [0.2, 0.25) is 5.82 Å². The summed E-state index contributed by atoms with van der Waals surface area (Å²) >= 11 is 0. The predicted molar refractivity (Wildman–Crippen MR) is 140 cm³/mol. The van der Waals surface area contributed by atoms with Gasteiger partial charge >= 0.3 is 0 Å². The fourth-order valence-corrected chi connectivity index (χ4v) is 5.48. The highest BCUT2D eigenvalue weighted by molar-refractivity contribution is 5.34. The fraction of sp³-hybridized carbons (Fsp3) is 0.438. The first-order valence-electron chi connectivity index (χ1n) is 13.7. The van der Waals surface area contributed by atoms with Gasteiger partial charge in [-0.3, -0.25) is 0 Å². The van der Waals surface area contributed by atoms with E-state index < -0.39 is 34.9 Å². The van der Waals surface area contributed by atoms with E-state index in [4.69, 9.17) is 4.74 Å². The van der Waals surface area contributed by atoms with Crippen LogP contribution in [-0.4, -0.2) is 6.61 Å². The zero-order chi connectivity index (χ0) is 28.1. The van der Waals surface area contributed by atoms with E-state index in [0.717, 1.165) is 19.3 Å². The van der Waals surface area contributed by atoms with Crippen LogP contribution in [0.15, 0.2) is 36.4 Å². The number of hydrogen-bond acceptors (Lipinski definition) is 1. The van der Waals surface area contributed by atoms with Crippen LogP contribution in [0.25, 0.3) is 0 Å². The van der Waals surface area contributed by atoms with Gasteiger partial charge in [0, 0.05) is 0 Å². The monoisotopic (exact) mass is 548 g/mol. The Hall–Kier alpha value is -2.96. The van der Waals surface area contributed by atoms with Gasteiger partial charge in [-0.2, -0.15) is 4.39 Å². The lowest BCUT2D eigenvalue weighted by atomic mass is 9.75. The van der Waals surface area contributed by atoms with E-state index in [1.807, 2.05) is 6.92 Å². The number of rotatable bonds is 10. The highest BCUT2D eigenvalue weighted by Gasteiger charge is 2.29. The van der Waals surface area contributed by atoms with Crippen LogP contribution in [0.3, 0.4) is 0 Å². The molecular weight excluding hydrogens is 514 g/mol. The molecule has 4 rings (SSSR count). The van der Waals surface area contributed by atoms with Crippen LogP contribution in [0.2, 0.25) is 0 Å². The van der Waals surface area contributed by atoms with Crippen LogP contribution in [0.1, 0.15) is 91.5 Å². The second-order valence-corrected chi connectivity index (χ2v) is 10.5. The van der Waals surface area contributed by atoms with Crippen molar-refractivity contribution in [1.29, 1.82) is 0 Å². The summed E-state index contributed by atoms with van der Waals surface area (Å²) in [5.74, 6) is -6.27. The highest BCUT2D eigenvalue weighted by Crippen LogP contribution is 2.42. The molecule has 7 heteroatoms. The summed E-state index contributed by atoms with van der Waals surface area (Å²) in [5.41, 5.74) is 0.988. The standard InChI is InChI=1S/C32H34F6O/c1-3-4-5-18-39-26-17-14-23(29(35)32(26)38)12-11-22-13-16-25(31(37)28(22)34)21-9-7-20(8-10-21)24-15-6-19(2)27(33)30(24)36/h6,13-17,20-21H,3-5,7-12,18H2,1-2H3. The van der Waals surface area contributed by atoms with Crippen LogP contribution >= 0.6 is 0 Å². The smallest absolute Gasteiger partial charge is 0.200 e. The van der Waals surface area contributed by atoms with E-state index in [1.54, 1.807) is 18.2 Å². The minimum Gasteiger partial charge on any atom is -0.490 e. The van der Waals surface area contributed by atoms with E-state index >= 15 is 4.39 Å². The van der Waals surface area contributed by atoms with Crippen molar-refractivity contribution in [2.24, 2.45) is 0 Å². The Morgan fingerprint density at radius 3 is 1.72 bits per heavy atom. The topological polar surface area (TPSA) is 9.23 Å². The molecule has 1 aliphatic rings. The van der Waals surface area contributed by atoms with Gasteiger partial charge in [0.15, 0.2) is 34.8 Å². The van der Waals surface area contributed by atoms with Crippen molar-refractivity contribution in [3.05, 3.63) is 99.1 Å². The Balaban J connectivity index is 1.39. The molecule has 210 valence electrons. The second-order valence-electron chi connectivity index (χ2n) is 10.5. The van der Waals surface area contributed by atoms with E-state index in [0.29, 0.717) is 37.9 Å². The molecule has 0 radical (unpaired) electrons. The molecule has 0 bridgehead atoms. The van der Waals surface area contributed by atoms with Crippen molar-refractivity contribution >= 4 is 0 Å². The Kier molecular flexibility index (Phi) is 9.62. The first-order valence-corrected chi connectivity index (χ1v) is 13.7. The van der Waals surface area contributed by atoms with Crippen LogP contribution < -0.4 is 4.74 Å². The third-order valence-electron chi connectivity index (χ3n) is 7.90. The van der Waals surface area contributed by atoms with Gasteiger partial charge in [-0.15, -0.1) is 0 Å². The molecule has 0 aliphatic heterocycles. The largest absolute Gasteiger partial charge is 0.490 e. The molecule has 1 saturated carbocycles. The normalized spacial score (nSPS) is 17.4. The lowest BCUT2D eigenvalue weighted by Gasteiger charge is -2.30. The van der Waals surface area contributed by atoms with Crippen molar-refractivity contribution in [3.8, 4) is 5.75 Å². The Bertz CT molecular complexity index is 1300. The molecule has 0 atom stereocenters. The van der Waals surface area contributed by atoms with E-state index in [2.05, 4.69) is 0 Å². The maximum Gasteiger partial charge on any atom is 0.200 e. The van der Waals surface area contributed by atoms with Crippen LogP contribution in [0.5, 0.6) is 5.75 Å². The summed E-state index contributed by atoms with van der Waals surface area (Å²) in [4.78, 5) is 0. The highest BCUT2D eigenvalue weighted by atomic mass is 19.2. The minimum absolute atomic E-state index is 0.00109. The van der Waals surface area contributed by atoms with Gasteiger partial charge in [0.25, 0.3) is 0 Å². The number of hydrogen-bond donors (Lipinski definition) is 0. The maximum absolute atomic E-state index is 15.1. The maximum atomic E-state index is 15.1. The van der Waals surface area contributed by atoms with Gasteiger partial charge in [-0.25, -0.2) is 22.0 Å². The van der Waals surface area contributed by atoms with Crippen LogP contribution in [-0.2, 0) is 12.8 Å². The Labute approximate surface area is 226 Å². The van der Waals surface area contributed by atoms with Crippen LogP contribution in [0, 0.1) is 41.8 Å². The number of unbranched alkanes of at least 4 members (excludes halogenated alkanes) is 2. The molecule has 3 aromatic carbocycles. The van der Waals surface area contributed by atoms with E-state index in [9.17, 15) is 22.0 Å². The predicted octanol–water partition coefficient (Wildman–Crippen LogP) is 9.63. The number of aryl methyl sites for hydroxylation is 3. The van der Waals surface area contributed by atoms with Gasteiger partial charge < -0.3 is 4.74 Å². The number of benzene rings is 3. The van der Waals surface area contributed by atoms with Crippen molar-refractivity contribution in [2.75, 3.05) is 6.61 Å². The van der Waals surface area contributed by atoms with Crippen molar-refractivity contribution < 1.29 is 31.1 Å². The van der Waals surface area contributed by atoms with Gasteiger partial charge in [-0.05, 0) is 97.6 Å². The summed E-state index contributed by atoms with van der Waals surface area (Å²) in [5, 5.41) is 0. The number of halogens is 6. The van der Waals surface area contributed by atoms with Gasteiger partial charge in [0.05, 0.1) is 6.61 Å². The average Bonchev–Trinajstić information content (AvgIpc) is 2.94. The summed E-state index contributed by atoms with van der Waals surface area (Å²) in [7, 11) is 0. The fourth-order valence-electron chi connectivity index (χ4n) is 5.48. The first kappa shape index (κ1) is 29.0. The molecule has 3 aromatic rings. The Morgan fingerprint density at radius 1 is 0.615 bits per heavy atom. The molecular formula is C32H34F6O. The summed E-state index contributed by atoms with van der Waals surface area (Å²) in [6.45, 7) is 3.84. The first-order chi connectivity index (χ1) is 18.7. The lowest BCUT2D eigenvalue weighted by Crippen LogP contribution is -2.16. The molecule has 0 heterocycles. The summed E-state index contributed by atoms with van der Waals surface area (Å²) in [6, 6.07) is 9.00. The number of ether oxygens (including phenoxy) is 1. The second kappa shape index (κ2) is 12.9. The third kappa shape index (κ3) is 6.44. The van der Waals surface area contributed by atoms with E-state index in [-0.39, 0.29) is 52.7 Å². The van der Waals surface area contributed by atoms with E-state index in [1.165, 1.54) is 25.1 Å². The molecule has 0 spiro atoms. The zero-order valence-corrected chi connectivity index (χ0v) is 22.4. The molecule has 1 fully saturated rings. The molecule has 0 N–H and O–H groups in total. The average molecular weight is 549 g/mol. The van der Waals surface area contributed by atoms with Crippen molar-refractivity contribution in [2.45, 2.75) is 83.5 Å². The Morgan fingerprint density at radius 2 is 1.13 bits per heavy atom. The molecule has 1 aliphatic carbocycles. The molecule has 39 heavy (non-hydrogen) atoms. The molecule has 0 aromatic heterocycles. The zero-order valence-electron chi connectivity index (χ0n) is 22.4. The summed E-state index contributed by atoms with van der Waals surface area (Å²) in [6.07, 6.45) is 4.77. The van der Waals surface area contributed by atoms with Gasteiger partial charge in [-0.1, -0.05) is 50.1 Å². The third-order valence-corrected chi connectivity index (χ3v) is 7.90. The lowest BCUT2D eigenvalue weighted by molar-refractivity contribution is 0.285. The van der Waals surface area contributed by atoms with Gasteiger partial charge in [0.1, 0.15) is 0 Å². The SMILES string of the molecule is CCCCCOc1ccc(CCc2ccc(C3CCC(c4ccc(C)c(F)c4F)CC3)c(F)c2F)c(F)c1F. The molecule has 0 unspecified atom stereocenters. The molecule has 0 amide bonds. The van der Waals surface area contributed by atoms with Crippen molar-refractivity contribution in [1.82, 2.24) is 0 Å². The quantitative estimate of drug-likeness (QED) is 0.181.